The van der Waals surface area contributed by atoms with Crippen LogP contribution < -0.4 is 4.90 Å². The van der Waals surface area contributed by atoms with Crippen LogP contribution in [-0.4, -0.2) is 11.8 Å². The van der Waals surface area contributed by atoms with Gasteiger partial charge < -0.3 is 0 Å². The number of carbonyl (C=O) groups excluding carboxylic acids is 2. The second-order valence-corrected chi connectivity index (χ2v) is 8.39. The van der Waals surface area contributed by atoms with Crippen LogP contribution >= 0.6 is 0 Å². The zero-order chi connectivity index (χ0) is 18.6. The first-order valence-corrected chi connectivity index (χ1v) is 8.48. The van der Waals surface area contributed by atoms with Gasteiger partial charge in [0, 0.05) is 6.42 Å². The minimum atomic E-state index is -4.51. The van der Waals surface area contributed by atoms with Crippen molar-refractivity contribution in [3.05, 3.63) is 29.8 Å². The Bertz CT molecular complexity index is 726. The van der Waals surface area contributed by atoms with Gasteiger partial charge in [0.1, 0.15) is 0 Å². The van der Waals surface area contributed by atoms with E-state index in [-0.39, 0.29) is 23.4 Å². The number of hydrogen-bond donors (Lipinski definition) is 0. The van der Waals surface area contributed by atoms with Gasteiger partial charge in [0.05, 0.1) is 16.7 Å². The van der Waals surface area contributed by atoms with Crippen molar-refractivity contribution in [3.8, 4) is 0 Å². The van der Waals surface area contributed by atoms with Crippen molar-refractivity contribution in [3.63, 3.8) is 0 Å². The molecule has 1 spiro atoms. The number of carbonyl (C=O) groups is 2. The molecule has 2 amide bonds. The molecule has 6 heteroatoms. The summed E-state index contributed by atoms with van der Waals surface area (Å²) in [6.07, 6.45) is -2.27. The monoisotopic (exact) mass is 353 g/mol. The van der Waals surface area contributed by atoms with E-state index in [1.54, 1.807) is 0 Å². The van der Waals surface area contributed by atoms with Crippen LogP contribution in [0.3, 0.4) is 0 Å². The van der Waals surface area contributed by atoms with Crippen molar-refractivity contribution in [2.45, 2.75) is 52.6 Å². The Morgan fingerprint density at radius 1 is 1.16 bits per heavy atom. The van der Waals surface area contributed by atoms with E-state index in [4.69, 9.17) is 0 Å². The number of benzene rings is 1. The summed E-state index contributed by atoms with van der Waals surface area (Å²) in [5, 5.41) is 0. The molecule has 25 heavy (non-hydrogen) atoms. The van der Waals surface area contributed by atoms with Crippen molar-refractivity contribution in [1.82, 2.24) is 0 Å². The first-order chi connectivity index (χ1) is 11.4. The molecule has 3 nitrogen and oxygen atoms in total. The summed E-state index contributed by atoms with van der Waals surface area (Å²) in [7, 11) is 0. The van der Waals surface area contributed by atoms with Gasteiger partial charge in [-0.15, -0.1) is 0 Å². The van der Waals surface area contributed by atoms with Crippen LogP contribution in [0.25, 0.3) is 0 Å². The number of hydrogen-bond acceptors (Lipinski definition) is 2. The largest absolute Gasteiger partial charge is 0.416 e. The predicted octanol–water partition coefficient (Wildman–Crippen LogP) is 4.80. The molecule has 2 fully saturated rings. The number of nitrogens with zero attached hydrogens (tertiary/aromatic N) is 1. The lowest BCUT2D eigenvalue weighted by molar-refractivity contribution is -0.137. The third kappa shape index (κ3) is 3.18. The molecule has 1 aliphatic carbocycles. The highest BCUT2D eigenvalue weighted by molar-refractivity contribution is 6.22. The molecule has 1 saturated carbocycles. The Balaban J connectivity index is 1.98. The molecule has 1 aromatic carbocycles. The summed E-state index contributed by atoms with van der Waals surface area (Å²) < 4.78 is 38.9. The van der Waals surface area contributed by atoms with E-state index >= 15 is 0 Å². The van der Waals surface area contributed by atoms with Gasteiger partial charge in [-0.25, -0.2) is 0 Å². The molecule has 1 aliphatic heterocycles. The summed E-state index contributed by atoms with van der Waals surface area (Å²) in [6, 6.07) is 4.45. The first kappa shape index (κ1) is 18.0. The van der Waals surface area contributed by atoms with E-state index < -0.39 is 23.1 Å². The fraction of sp³-hybridized carbons (Fsp3) is 0.579. The van der Waals surface area contributed by atoms with Gasteiger partial charge in [-0.1, -0.05) is 26.8 Å². The third-order valence-electron chi connectivity index (χ3n) is 5.28. The minimum absolute atomic E-state index is 0.0118. The lowest BCUT2D eigenvalue weighted by atomic mass is 9.59. The maximum atomic E-state index is 13.1. The van der Waals surface area contributed by atoms with Gasteiger partial charge in [0.15, 0.2) is 0 Å². The molecule has 0 aromatic heterocycles. The molecule has 0 N–H and O–H groups in total. The number of halogens is 3. The molecule has 1 heterocycles. The van der Waals surface area contributed by atoms with Crippen LogP contribution in [0.1, 0.15) is 52.0 Å². The molecule has 2 aliphatic rings. The minimum Gasteiger partial charge on any atom is -0.274 e. The van der Waals surface area contributed by atoms with Crippen LogP contribution in [0.15, 0.2) is 24.3 Å². The lowest BCUT2D eigenvalue weighted by Gasteiger charge is -2.44. The highest BCUT2D eigenvalue weighted by Gasteiger charge is 2.56. The smallest absolute Gasteiger partial charge is 0.274 e. The Labute approximate surface area is 145 Å². The third-order valence-corrected chi connectivity index (χ3v) is 5.28. The molecule has 0 unspecified atom stereocenters. The van der Waals surface area contributed by atoms with Crippen molar-refractivity contribution in [1.29, 1.82) is 0 Å². The fourth-order valence-electron chi connectivity index (χ4n) is 4.92. The Hall–Kier alpha value is -1.85. The van der Waals surface area contributed by atoms with Crippen molar-refractivity contribution < 1.29 is 22.8 Å². The second kappa shape index (κ2) is 5.58. The standard InChI is InChI=1S/C19H22F3NO2/c1-12-8-17(2,3)11-18(9-12)10-15(24)23(16(18)25)14-6-4-5-13(7-14)19(20,21)22/h4-7,12H,8-11H2,1-3H3/t12-,18-/m1/s1. The summed E-state index contributed by atoms with van der Waals surface area (Å²) in [6.45, 7) is 6.22. The van der Waals surface area contributed by atoms with Gasteiger partial charge in [0.2, 0.25) is 11.8 Å². The summed E-state index contributed by atoms with van der Waals surface area (Å²) >= 11 is 0. The summed E-state index contributed by atoms with van der Waals surface area (Å²) in [5.41, 5.74) is -1.70. The second-order valence-electron chi connectivity index (χ2n) is 8.39. The van der Waals surface area contributed by atoms with Crippen molar-refractivity contribution in [2.24, 2.45) is 16.7 Å². The van der Waals surface area contributed by atoms with E-state index in [2.05, 4.69) is 20.8 Å². The molecule has 0 radical (unpaired) electrons. The maximum absolute atomic E-state index is 13.1. The van der Waals surface area contributed by atoms with Gasteiger partial charge in [0.25, 0.3) is 0 Å². The van der Waals surface area contributed by atoms with Crippen LogP contribution in [0.5, 0.6) is 0 Å². The number of anilines is 1. The highest BCUT2D eigenvalue weighted by atomic mass is 19.4. The van der Waals surface area contributed by atoms with Gasteiger partial charge in [-0.2, -0.15) is 13.2 Å². The zero-order valence-corrected chi connectivity index (χ0v) is 14.6. The highest BCUT2D eigenvalue weighted by Crippen LogP contribution is 2.54. The quantitative estimate of drug-likeness (QED) is 0.680. The lowest BCUT2D eigenvalue weighted by Crippen LogP contribution is -2.43. The van der Waals surface area contributed by atoms with E-state index in [0.29, 0.717) is 18.8 Å². The summed E-state index contributed by atoms with van der Waals surface area (Å²) in [5.74, 6) is -0.465. The van der Waals surface area contributed by atoms with E-state index in [9.17, 15) is 22.8 Å². The maximum Gasteiger partial charge on any atom is 0.416 e. The van der Waals surface area contributed by atoms with Gasteiger partial charge in [-0.05, 0) is 48.8 Å². The molecule has 1 saturated heterocycles. The van der Waals surface area contributed by atoms with Gasteiger partial charge in [-0.3, -0.25) is 14.5 Å². The van der Waals surface area contributed by atoms with Crippen LogP contribution in [-0.2, 0) is 15.8 Å². The fourth-order valence-corrected chi connectivity index (χ4v) is 4.92. The molecular weight excluding hydrogens is 331 g/mol. The Morgan fingerprint density at radius 2 is 1.84 bits per heavy atom. The topological polar surface area (TPSA) is 37.4 Å². The Morgan fingerprint density at radius 3 is 2.44 bits per heavy atom. The molecule has 136 valence electrons. The van der Waals surface area contributed by atoms with Crippen molar-refractivity contribution >= 4 is 17.5 Å². The van der Waals surface area contributed by atoms with Gasteiger partial charge >= 0.3 is 6.18 Å². The summed E-state index contributed by atoms with van der Waals surface area (Å²) in [4.78, 5) is 26.6. The molecule has 1 aromatic rings. The van der Waals surface area contributed by atoms with Crippen molar-refractivity contribution in [2.75, 3.05) is 4.90 Å². The predicted molar refractivity (Wildman–Crippen MR) is 87.8 cm³/mol. The number of imide groups is 1. The number of amides is 2. The Kier molecular flexibility index (Phi) is 4.01. The van der Waals surface area contributed by atoms with E-state index in [1.165, 1.54) is 12.1 Å². The molecular formula is C19H22F3NO2. The number of rotatable bonds is 1. The van der Waals surface area contributed by atoms with Crippen LogP contribution in [0, 0.1) is 16.7 Å². The molecule has 0 bridgehead atoms. The van der Waals surface area contributed by atoms with E-state index in [0.717, 1.165) is 23.5 Å². The van der Waals surface area contributed by atoms with Crippen LogP contribution in [0.2, 0.25) is 0 Å². The zero-order valence-electron chi connectivity index (χ0n) is 14.6. The SMILES string of the molecule is C[C@@H]1CC(C)(C)C[C@]2(CC(=O)N(c3cccc(C(F)(F)F)c3)C2=O)C1. The average Bonchev–Trinajstić information content (AvgIpc) is 2.66. The molecule has 2 atom stereocenters. The van der Waals surface area contributed by atoms with Crippen LogP contribution in [0.4, 0.5) is 18.9 Å². The van der Waals surface area contributed by atoms with E-state index in [1.807, 2.05) is 0 Å². The average molecular weight is 353 g/mol. The number of alkyl halides is 3. The normalized spacial score (nSPS) is 29.5. The first-order valence-electron chi connectivity index (χ1n) is 8.48. The molecule has 3 rings (SSSR count).